The van der Waals surface area contributed by atoms with Crippen LogP contribution >= 0.6 is 0 Å². The number of nitrogens with one attached hydrogen (secondary N) is 2. The van der Waals surface area contributed by atoms with Gasteiger partial charge in [0.2, 0.25) is 11.7 Å². The molecule has 1 saturated carbocycles. The van der Waals surface area contributed by atoms with Gasteiger partial charge in [0.1, 0.15) is 6.04 Å². The minimum Gasteiger partial charge on any atom is -0.475 e. The van der Waals surface area contributed by atoms with Gasteiger partial charge in [-0.1, -0.05) is 66.7 Å². The number of hydrogen-bond acceptors (Lipinski definition) is 8. The van der Waals surface area contributed by atoms with Crippen molar-refractivity contribution in [3.05, 3.63) is 121 Å². The summed E-state index contributed by atoms with van der Waals surface area (Å²) >= 11 is 0. The summed E-state index contributed by atoms with van der Waals surface area (Å²) in [6.45, 7) is 6.11. The van der Waals surface area contributed by atoms with Crippen molar-refractivity contribution in [3.63, 3.8) is 0 Å². The number of anilines is 2. The number of hydrogen-bond donors (Lipinski definition) is 4. The second-order valence-electron chi connectivity index (χ2n) is 16.2. The number of carboxylic acids is 1. The van der Waals surface area contributed by atoms with Crippen LogP contribution in [0.25, 0.3) is 33.3 Å². The van der Waals surface area contributed by atoms with Gasteiger partial charge < -0.3 is 20.4 Å². The minimum absolute atomic E-state index is 0.159. The molecular formula is C46H47F3N8O6. The fourth-order valence-corrected chi connectivity index (χ4v) is 7.58. The number of aliphatic carboxylic acids is 1. The van der Waals surface area contributed by atoms with Gasteiger partial charge in [-0.3, -0.25) is 19.5 Å². The molecule has 1 aliphatic carbocycles. The average molecular weight is 865 g/mol. The number of rotatable bonds is 11. The first-order chi connectivity index (χ1) is 30.0. The molecule has 1 atom stereocenters. The van der Waals surface area contributed by atoms with E-state index < -0.39 is 29.8 Å². The molecule has 1 fully saturated rings. The standard InChI is InChI=1S/C44H46N8O4.C2HF3O2/c1-44(2,3)51(43(55)56)28-30-15-19-33(20-16-30)41(53)46-39(25-29-13-17-31(18-14-29)38-27-45-26-34-9-7-8-12-37(34)38)42(54)52(35-10-5-4-6-11-35)36-23-21-32(22-24-36)40-47-49-50-48-40;3-2(4,5)1(6)7/h4-14,17-18,21-24,26-27,30,33,39H,15-16,19-20,25,28H2,1-3H3,(H,46,53)(H,55,56)(H,47,48,49,50);(H,6,7)/t30-,33-,39-;/m0./s1. The largest absolute Gasteiger partial charge is 0.490 e. The maximum atomic E-state index is 14.9. The quantitative estimate of drug-likeness (QED) is 0.0979. The van der Waals surface area contributed by atoms with Crippen LogP contribution in [0.4, 0.5) is 29.3 Å². The first kappa shape index (κ1) is 45.4. The van der Waals surface area contributed by atoms with E-state index in [0.717, 1.165) is 45.9 Å². The number of pyridine rings is 1. The van der Waals surface area contributed by atoms with E-state index in [4.69, 9.17) is 9.90 Å². The summed E-state index contributed by atoms with van der Waals surface area (Å²) in [6, 6.07) is 32.0. The molecule has 0 aliphatic heterocycles. The van der Waals surface area contributed by atoms with Crippen LogP contribution in [0.1, 0.15) is 52.0 Å². The Balaban J connectivity index is 0.000000871. The predicted molar refractivity (Wildman–Crippen MR) is 230 cm³/mol. The Morgan fingerprint density at radius 3 is 1.98 bits per heavy atom. The number of amides is 3. The maximum absolute atomic E-state index is 14.9. The van der Waals surface area contributed by atoms with Gasteiger partial charge in [0.05, 0.1) is 0 Å². The highest BCUT2D eigenvalue weighted by molar-refractivity contribution is 6.05. The van der Waals surface area contributed by atoms with E-state index in [2.05, 4.69) is 37.0 Å². The van der Waals surface area contributed by atoms with Crippen molar-refractivity contribution in [2.45, 2.75) is 70.6 Å². The fourth-order valence-electron chi connectivity index (χ4n) is 7.58. The molecule has 328 valence electrons. The molecule has 2 heterocycles. The molecule has 0 saturated heterocycles. The SMILES string of the molecule is CC(C)(C)N(C[C@H]1CC[C@H](C(=O)N[C@@H](Cc2ccc(-c3cncc4ccccc34)cc2)C(=O)N(c2ccccc2)c2ccc(-c3nn[nH]n3)cc2)CC1)C(=O)O.O=C(O)C(F)(F)F. The predicted octanol–water partition coefficient (Wildman–Crippen LogP) is 8.69. The summed E-state index contributed by atoms with van der Waals surface area (Å²) in [7, 11) is 0. The summed E-state index contributed by atoms with van der Waals surface area (Å²) in [6.07, 6.45) is 0.638. The Morgan fingerprint density at radius 2 is 1.40 bits per heavy atom. The zero-order valence-electron chi connectivity index (χ0n) is 34.8. The molecule has 0 unspecified atom stereocenters. The Labute approximate surface area is 361 Å². The number of alkyl halides is 3. The van der Waals surface area contributed by atoms with Crippen molar-refractivity contribution in [3.8, 4) is 22.5 Å². The van der Waals surface area contributed by atoms with E-state index in [1.165, 1.54) is 4.90 Å². The number of para-hydroxylation sites is 1. The lowest BCUT2D eigenvalue weighted by Crippen LogP contribution is -2.51. The molecule has 0 radical (unpaired) electrons. The van der Waals surface area contributed by atoms with E-state index in [9.17, 15) is 32.7 Å². The van der Waals surface area contributed by atoms with E-state index in [-0.39, 0.29) is 30.1 Å². The zero-order chi connectivity index (χ0) is 45.3. The number of carbonyl (C=O) groups excluding carboxylic acids is 2. The van der Waals surface area contributed by atoms with E-state index >= 15 is 0 Å². The van der Waals surface area contributed by atoms with Crippen molar-refractivity contribution >= 4 is 46.0 Å². The molecule has 1 aliphatic rings. The van der Waals surface area contributed by atoms with Gasteiger partial charge in [-0.2, -0.15) is 18.4 Å². The van der Waals surface area contributed by atoms with Crippen molar-refractivity contribution in [1.29, 1.82) is 0 Å². The smallest absolute Gasteiger partial charge is 0.475 e. The second-order valence-corrected chi connectivity index (χ2v) is 16.2. The number of aromatic amines is 1. The lowest BCUT2D eigenvalue weighted by atomic mass is 9.80. The zero-order valence-corrected chi connectivity index (χ0v) is 34.8. The topological polar surface area (TPSA) is 195 Å². The van der Waals surface area contributed by atoms with Crippen LogP contribution < -0.4 is 10.2 Å². The third kappa shape index (κ3) is 11.6. The molecular weight excluding hydrogens is 818 g/mol. The summed E-state index contributed by atoms with van der Waals surface area (Å²) in [5.41, 5.74) is 4.40. The lowest BCUT2D eigenvalue weighted by Gasteiger charge is -2.38. The van der Waals surface area contributed by atoms with Crippen LogP contribution in [0, 0.1) is 11.8 Å². The van der Waals surface area contributed by atoms with Gasteiger partial charge in [-0.05, 0) is 110 Å². The van der Waals surface area contributed by atoms with Crippen LogP contribution in [0.5, 0.6) is 0 Å². The molecule has 4 N–H and O–H groups in total. The normalized spacial score (nSPS) is 15.7. The summed E-state index contributed by atoms with van der Waals surface area (Å²) < 4.78 is 31.7. The number of benzene rings is 4. The molecule has 3 amide bonds. The van der Waals surface area contributed by atoms with Crippen LogP contribution in [0.3, 0.4) is 0 Å². The molecule has 7 rings (SSSR count). The third-order valence-corrected chi connectivity index (χ3v) is 10.9. The highest BCUT2D eigenvalue weighted by atomic mass is 19.4. The van der Waals surface area contributed by atoms with Gasteiger partial charge in [0.25, 0.3) is 5.91 Å². The Bertz CT molecular complexity index is 2480. The number of carboxylic acid groups (broad SMARTS) is 2. The Hall–Kier alpha value is -7.17. The number of tetrazole rings is 1. The highest BCUT2D eigenvalue weighted by Gasteiger charge is 2.38. The number of H-pyrrole nitrogens is 1. The third-order valence-electron chi connectivity index (χ3n) is 10.9. The number of fused-ring (bicyclic) bond motifs is 1. The summed E-state index contributed by atoms with van der Waals surface area (Å²) in [4.78, 5) is 57.6. The van der Waals surface area contributed by atoms with Crippen molar-refractivity contribution in [2.75, 3.05) is 11.4 Å². The summed E-state index contributed by atoms with van der Waals surface area (Å²) in [5, 5.41) is 36.6. The molecule has 6 aromatic rings. The fraction of sp³-hybridized carbons (Fsp3) is 0.304. The van der Waals surface area contributed by atoms with Crippen molar-refractivity contribution < 1.29 is 42.6 Å². The van der Waals surface area contributed by atoms with E-state index in [1.54, 1.807) is 4.90 Å². The average Bonchev–Trinajstić information content (AvgIpc) is 3.81. The Kier molecular flexibility index (Phi) is 14.2. The van der Waals surface area contributed by atoms with Crippen LogP contribution in [0.15, 0.2) is 116 Å². The van der Waals surface area contributed by atoms with Crippen LogP contribution in [-0.4, -0.2) is 88.9 Å². The number of nitrogens with zero attached hydrogens (tertiary/aromatic N) is 6. The first-order valence-electron chi connectivity index (χ1n) is 20.3. The number of halogens is 3. The second kappa shape index (κ2) is 19.7. The molecule has 2 aromatic heterocycles. The van der Waals surface area contributed by atoms with Crippen LogP contribution in [-0.2, 0) is 20.8 Å². The summed E-state index contributed by atoms with van der Waals surface area (Å²) in [5.74, 6) is -2.92. The molecule has 0 spiro atoms. The van der Waals surface area contributed by atoms with Gasteiger partial charge in [0.15, 0.2) is 0 Å². The van der Waals surface area contributed by atoms with Gasteiger partial charge in [0, 0.05) is 64.7 Å². The van der Waals surface area contributed by atoms with Crippen LogP contribution in [0.2, 0.25) is 0 Å². The van der Waals surface area contributed by atoms with E-state index in [0.29, 0.717) is 36.6 Å². The number of aromatic nitrogens is 5. The Morgan fingerprint density at radius 1 is 0.794 bits per heavy atom. The highest BCUT2D eigenvalue weighted by Crippen LogP contribution is 2.33. The van der Waals surface area contributed by atoms with Crippen molar-refractivity contribution in [2.24, 2.45) is 11.8 Å². The van der Waals surface area contributed by atoms with Gasteiger partial charge in [-0.25, -0.2) is 9.59 Å². The molecule has 17 heteroatoms. The molecule has 14 nitrogen and oxygen atoms in total. The van der Waals surface area contributed by atoms with E-state index in [1.807, 2.05) is 130 Å². The van der Waals surface area contributed by atoms with Gasteiger partial charge in [-0.15, -0.1) is 10.2 Å². The first-order valence-corrected chi connectivity index (χ1v) is 20.3. The number of carbonyl (C=O) groups is 4. The van der Waals surface area contributed by atoms with Crippen molar-refractivity contribution in [1.82, 2.24) is 35.8 Å². The lowest BCUT2D eigenvalue weighted by molar-refractivity contribution is -0.192. The van der Waals surface area contributed by atoms with Gasteiger partial charge >= 0.3 is 18.2 Å². The molecule has 63 heavy (non-hydrogen) atoms. The minimum atomic E-state index is -5.08. The maximum Gasteiger partial charge on any atom is 0.490 e. The monoisotopic (exact) mass is 864 g/mol. The molecule has 4 aromatic carbocycles. The molecule has 0 bridgehead atoms.